The number of likely N-dealkylation sites (N-methyl/N-ethyl adjacent to an activating group) is 1. The summed E-state index contributed by atoms with van der Waals surface area (Å²) >= 11 is 0. The molecular weight excluding hydrogens is 534 g/mol. The highest BCUT2D eigenvalue weighted by molar-refractivity contribution is 6.14. The molecule has 0 amide bonds. The van der Waals surface area contributed by atoms with E-state index in [9.17, 15) is 0 Å². The van der Waals surface area contributed by atoms with E-state index in [-0.39, 0.29) is 6.04 Å². The third-order valence-electron chi connectivity index (χ3n) is 8.70. The predicted octanol–water partition coefficient (Wildman–Crippen LogP) is 10.1. The predicted molar refractivity (Wildman–Crippen MR) is 185 cm³/mol. The van der Waals surface area contributed by atoms with Crippen molar-refractivity contribution in [3.63, 3.8) is 0 Å². The fourth-order valence-electron chi connectivity index (χ4n) is 6.40. The minimum Gasteiger partial charge on any atom is -0.334 e. The Morgan fingerprint density at radius 1 is 0.455 bits per heavy atom. The van der Waals surface area contributed by atoms with Gasteiger partial charge in [-0.2, -0.15) is 0 Å². The Morgan fingerprint density at radius 2 is 0.886 bits per heavy atom. The van der Waals surface area contributed by atoms with Gasteiger partial charge in [0.15, 0.2) is 0 Å². The smallest absolute Gasteiger partial charge is 0.211 e. The van der Waals surface area contributed by atoms with E-state index in [0.29, 0.717) is 0 Å². The highest BCUT2D eigenvalue weighted by atomic mass is 15.3. The summed E-state index contributed by atoms with van der Waals surface area (Å²) in [4.78, 5) is 7.69. The Bertz CT molecular complexity index is 2100. The third-order valence-corrected chi connectivity index (χ3v) is 8.70. The molecule has 44 heavy (non-hydrogen) atoms. The van der Waals surface area contributed by atoms with E-state index in [2.05, 4.69) is 180 Å². The van der Waals surface area contributed by atoms with Gasteiger partial charge in [0.1, 0.15) is 0 Å². The van der Waals surface area contributed by atoms with E-state index in [1.807, 2.05) is 0 Å². The summed E-state index contributed by atoms with van der Waals surface area (Å²) in [5.74, 6) is 0.907. The van der Waals surface area contributed by atoms with E-state index >= 15 is 0 Å². The average Bonchev–Trinajstić information content (AvgIpc) is 3.44. The van der Waals surface area contributed by atoms with E-state index in [0.717, 1.165) is 28.3 Å². The van der Waals surface area contributed by atoms with Gasteiger partial charge in [0.05, 0.1) is 22.8 Å². The topological polar surface area (TPSA) is 20.5 Å². The van der Waals surface area contributed by atoms with E-state index in [4.69, 9.17) is 4.99 Å². The molecule has 1 aliphatic rings. The molecule has 0 radical (unpaired) electrons. The monoisotopic (exact) mass is 565 g/mol. The van der Waals surface area contributed by atoms with Crippen LogP contribution in [-0.2, 0) is 0 Å². The van der Waals surface area contributed by atoms with Gasteiger partial charge < -0.3 is 4.90 Å². The first-order chi connectivity index (χ1) is 21.7. The zero-order chi connectivity index (χ0) is 29.5. The Hall–Kier alpha value is -5.67. The summed E-state index contributed by atoms with van der Waals surface area (Å²) in [5, 5.41) is 2.46. The fourth-order valence-corrected chi connectivity index (χ4v) is 6.40. The lowest BCUT2D eigenvalue weighted by atomic mass is 9.97. The van der Waals surface area contributed by atoms with Crippen molar-refractivity contribution in [3.8, 4) is 22.3 Å². The Balaban J connectivity index is 1.27. The van der Waals surface area contributed by atoms with Crippen molar-refractivity contribution in [1.82, 2.24) is 9.47 Å². The SMILES string of the molecule is CN1C(n2c3ccccc3c3ccccc32)=NC(c2ccc(-c3ccccc3)cc2)=CC1c1ccc(-c2ccccc2)cc1. The van der Waals surface area contributed by atoms with E-state index < -0.39 is 0 Å². The van der Waals surface area contributed by atoms with Crippen LogP contribution in [0.25, 0.3) is 49.8 Å². The molecule has 0 fully saturated rings. The first kappa shape index (κ1) is 26.0. The normalized spacial score (nSPS) is 14.9. The van der Waals surface area contributed by atoms with Crippen molar-refractivity contribution in [3.05, 3.63) is 175 Å². The lowest BCUT2D eigenvalue weighted by Gasteiger charge is -2.34. The first-order valence-electron chi connectivity index (χ1n) is 15.1. The van der Waals surface area contributed by atoms with Crippen LogP contribution in [0.5, 0.6) is 0 Å². The molecule has 6 aromatic carbocycles. The molecule has 0 bridgehead atoms. The van der Waals surface area contributed by atoms with Gasteiger partial charge in [-0.3, -0.25) is 4.57 Å². The van der Waals surface area contributed by atoms with Crippen LogP contribution < -0.4 is 0 Å². The fraction of sp³-hybridized carbons (Fsp3) is 0.0488. The van der Waals surface area contributed by atoms with Gasteiger partial charge in [-0.05, 0) is 46.0 Å². The molecule has 3 nitrogen and oxygen atoms in total. The number of aliphatic imine (C=N–C) groups is 1. The van der Waals surface area contributed by atoms with Gasteiger partial charge in [-0.25, -0.2) is 4.99 Å². The Labute approximate surface area is 257 Å². The number of benzene rings is 6. The second-order valence-electron chi connectivity index (χ2n) is 11.3. The average molecular weight is 566 g/mol. The zero-order valence-corrected chi connectivity index (χ0v) is 24.5. The summed E-state index contributed by atoms with van der Waals surface area (Å²) in [6.07, 6.45) is 2.30. The third kappa shape index (κ3) is 4.50. The Kier molecular flexibility index (Phi) is 6.42. The molecule has 0 N–H and O–H groups in total. The highest BCUT2D eigenvalue weighted by Crippen LogP contribution is 2.36. The lowest BCUT2D eigenvalue weighted by molar-refractivity contribution is 0.422. The van der Waals surface area contributed by atoms with Crippen molar-refractivity contribution in [2.75, 3.05) is 7.05 Å². The van der Waals surface area contributed by atoms with Crippen LogP contribution in [0.2, 0.25) is 0 Å². The largest absolute Gasteiger partial charge is 0.334 e. The number of rotatable bonds is 4. The van der Waals surface area contributed by atoms with Crippen LogP contribution in [0.3, 0.4) is 0 Å². The number of hydrogen-bond acceptors (Lipinski definition) is 2. The van der Waals surface area contributed by atoms with Gasteiger partial charge in [-0.1, -0.05) is 146 Å². The molecule has 1 unspecified atom stereocenters. The molecule has 1 aromatic heterocycles. The molecule has 3 heteroatoms. The molecular formula is C41H31N3. The van der Waals surface area contributed by atoms with Crippen LogP contribution in [0.4, 0.5) is 0 Å². The highest BCUT2D eigenvalue weighted by Gasteiger charge is 2.28. The second kappa shape index (κ2) is 10.9. The van der Waals surface area contributed by atoms with Crippen molar-refractivity contribution in [2.24, 2.45) is 4.99 Å². The number of hydrogen-bond donors (Lipinski definition) is 0. The molecule has 1 atom stereocenters. The van der Waals surface area contributed by atoms with Gasteiger partial charge in [0.25, 0.3) is 0 Å². The second-order valence-corrected chi connectivity index (χ2v) is 11.3. The van der Waals surface area contributed by atoms with Crippen molar-refractivity contribution < 1.29 is 0 Å². The number of aromatic nitrogens is 1. The molecule has 0 spiro atoms. The summed E-state index contributed by atoms with van der Waals surface area (Å²) in [6, 6.07) is 56.1. The summed E-state index contributed by atoms with van der Waals surface area (Å²) in [7, 11) is 2.16. The first-order valence-corrected chi connectivity index (χ1v) is 15.1. The molecule has 8 rings (SSSR count). The van der Waals surface area contributed by atoms with Crippen molar-refractivity contribution >= 4 is 33.5 Å². The van der Waals surface area contributed by atoms with Crippen LogP contribution >= 0.6 is 0 Å². The van der Waals surface area contributed by atoms with E-state index in [1.54, 1.807) is 0 Å². The number of fused-ring (bicyclic) bond motifs is 3. The number of nitrogens with zero attached hydrogens (tertiary/aromatic N) is 3. The zero-order valence-electron chi connectivity index (χ0n) is 24.5. The van der Waals surface area contributed by atoms with E-state index in [1.165, 1.54) is 38.6 Å². The molecule has 210 valence electrons. The standard InChI is InChI=1S/C41H31N3/c1-43-40(34-26-22-32(23-27-34)30-14-6-3-7-15-30)28-37(33-24-20-31(21-25-33)29-12-4-2-5-13-29)42-41(43)44-38-18-10-8-16-35(38)36-17-9-11-19-39(36)44/h2-28,40H,1H3. The molecule has 2 heterocycles. The number of para-hydroxylation sites is 2. The van der Waals surface area contributed by atoms with Crippen LogP contribution in [0, 0.1) is 0 Å². The quantitative estimate of drug-likeness (QED) is 0.208. The lowest BCUT2D eigenvalue weighted by Crippen LogP contribution is -2.37. The molecule has 0 saturated carbocycles. The maximum absolute atomic E-state index is 5.39. The summed E-state index contributed by atoms with van der Waals surface area (Å²) < 4.78 is 2.32. The molecule has 0 saturated heterocycles. The summed E-state index contributed by atoms with van der Waals surface area (Å²) in [5.41, 5.74) is 10.4. The molecule has 1 aliphatic heterocycles. The minimum atomic E-state index is -0.00366. The minimum absolute atomic E-state index is 0.00366. The van der Waals surface area contributed by atoms with Crippen molar-refractivity contribution in [1.29, 1.82) is 0 Å². The van der Waals surface area contributed by atoms with Gasteiger partial charge in [0, 0.05) is 23.4 Å². The van der Waals surface area contributed by atoms with Crippen LogP contribution in [0.15, 0.2) is 169 Å². The van der Waals surface area contributed by atoms with Gasteiger partial charge >= 0.3 is 0 Å². The Morgan fingerprint density at radius 3 is 1.43 bits per heavy atom. The van der Waals surface area contributed by atoms with Crippen molar-refractivity contribution in [2.45, 2.75) is 6.04 Å². The maximum Gasteiger partial charge on any atom is 0.211 e. The van der Waals surface area contributed by atoms with Crippen LogP contribution in [0.1, 0.15) is 17.2 Å². The van der Waals surface area contributed by atoms with Gasteiger partial charge in [0.2, 0.25) is 5.96 Å². The molecule has 7 aromatic rings. The molecule has 0 aliphatic carbocycles. The van der Waals surface area contributed by atoms with Crippen LogP contribution in [-0.4, -0.2) is 22.5 Å². The maximum atomic E-state index is 5.39. The van der Waals surface area contributed by atoms with Gasteiger partial charge in [-0.15, -0.1) is 0 Å². The summed E-state index contributed by atoms with van der Waals surface area (Å²) in [6.45, 7) is 0.